The van der Waals surface area contributed by atoms with E-state index in [1.807, 2.05) is 12.2 Å². The van der Waals surface area contributed by atoms with Crippen molar-refractivity contribution in [3.05, 3.63) is 40.4 Å². The van der Waals surface area contributed by atoms with Crippen molar-refractivity contribution in [2.75, 3.05) is 13.2 Å². The van der Waals surface area contributed by atoms with Gasteiger partial charge in [-0.05, 0) is 25.0 Å². The third-order valence-electron chi connectivity index (χ3n) is 4.08. The molecular weight excluding hydrogens is 325 g/mol. The predicted octanol–water partition coefficient (Wildman–Crippen LogP) is 3.32. The van der Waals surface area contributed by atoms with Crippen molar-refractivity contribution in [2.45, 2.75) is 12.8 Å². The summed E-state index contributed by atoms with van der Waals surface area (Å²) in [4.78, 5) is 25.9. The van der Waals surface area contributed by atoms with Gasteiger partial charge in [-0.25, -0.2) is 0 Å². The largest absolute Gasteiger partial charge is 0.489 e. The van der Waals surface area contributed by atoms with Crippen LogP contribution in [0.3, 0.4) is 0 Å². The monoisotopic (exact) mass is 339 g/mol. The molecule has 2 atom stereocenters. The normalized spacial score (nSPS) is 23.8. The lowest BCUT2D eigenvalue weighted by atomic mass is 9.85. The summed E-state index contributed by atoms with van der Waals surface area (Å²) in [7, 11) is 0. The minimum atomic E-state index is -0.207. The zero-order chi connectivity index (χ0) is 15.7. The van der Waals surface area contributed by atoms with E-state index in [9.17, 15) is 9.59 Å². The van der Waals surface area contributed by atoms with Crippen LogP contribution >= 0.6 is 23.2 Å². The van der Waals surface area contributed by atoms with Crippen molar-refractivity contribution in [1.29, 1.82) is 0 Å². The zero-order valence-corrected chi connectivity index (χ0v) is 13.3. The molecule has 1 fully saturated rings. The van der Waals surface area contributed by atoms with E-state index < -0.39 is 0 Å². The first-order chi connectivity index (χ1) is 10.6. The highest BCUT2D eigenvalue weighted by atomic mass is 35.5. The number of nitrogens with zero attached hydrogens (tertiary/aromatic N) is 1. The van der Waals surface area contributed by atoms with Crippen molar-refractivity contribution >= 4 is 35.0 Å². The highest BCUT2D eigenvalue weighted by Crippen LogP contribution is 2.35. The lowest BCUT2D eigenvalue weighted by Crippen LogP contribution is -2.34. The number of hydrogen-bond acceptors (Lipinski definition) is 3. The molecule has 0 aromatic heterocycles. The summed E-state index contributed by atoms with van der Waals surface area (Å²) in [6, 6.07) is 5.08. The molecule has 0 N–H and O–H groups in total. The molecule has 1 aliphatic carbocycles. The quantitative estimate of drug-likeness (QED) is 0.624. The summed E-state index contributed by atoms with van der Waals surface area (Å²) in [5, 5.41) is 0.814. The second kappa shape index (κ2) is 6.31. The molecule has 4 nitrogen and oxygen atoms in total. The molecule has 2 unspecified atom stereocenters. The molecule has 22 heavy (non-hydrogen) atoms. The van der Waals surface area contributed by atoms with Gasteiger partial charge in [0, 0.05) is 0 Å². The zero-order valence-electron chi connectivity index (χ0n) is 11.8. The first kappa shape index (κ1) is 15.4. The van der Waals surface area contributed by atoms with Crippen molar-refractivity contribution in [3.8, 4) is 5.75 Å². The smallest absolute Gasteiger partial charge is 0.233 e. The van der Waals surface area contributed by atoms with E-state index >= 15 is 0 Å². The van der Waals surface area contributed by atoms with E-state index in [-0.39, 0.29) is 36.8 Å². The summed E-state index contributed by atoms with van der Waals surface area (Å²) in [5.41, 5.74) is 0. The first-order valence-corrected chi connectivity index (χ1v) is 7.92. The Labute approximate surface area is 138 Å². The van der Waals surface area contributed by atoms with Crippen LogP contribution in [-0.2, 0) is 9.59 Å². The van der Waals surface area contributed by atoms with Gasteiger partial charge in [0.25, 0.3) is 0 Å². The molecule has 1 aliphatic heterocycles. The number of ether oxygens (including phenoxy) is 1. The summed E-state index contributed by atoms with van der Waals surface area (Å²) >= 11 is 12.0. The number of benzene rings is 1. The van der Waals surface area contributed by atoms with Crippen molar-refractivity contribution in [1.82, 2.24) is 4.90 Å². The second-order valence-electron chi connectivity index (χ2n) is 5.38. The standard InChI is InChI=1S/C16H15Cl2NO3/c17-12-6-3-7-13(18)14(12)22-9-8-19-15(20)10-4-1-2-5-11(10)16(19)21/h1-3,6-7,10-11H,4-5,8-9H2. The van der Waals surface area contributed by atoms with Crippen LogP contribution in [-0.4, -0.2) is 29.9 Å². The number of carbonyl (C=O) groups excluding carboxylic acids is 2. The Kier molecular flexibility index (Phi) is 4.41. The molecule has 0 spiro atoms. The third kappa shape index (κ3) is 2.73. The number of para-hydroxylation sites is 1. The maximum absolute atomic E-state index is 12.3. The van der Waals surface area contributed by atoms with Crippen LogP contribution < -0.4 is 4.74 Å². The Morgan fingerprint density at radius 2 is 1.59 bits per heavy atom. The highest BCUT2D eigenvalue weighted by molar-refractivity contribution is 6.37. The average Bonchev–Trinajstić information content (AvgIpc) is 2.75. The van der Waals surface area contributed by atoms with Crippen LogP contribution in [0, 0.1) is 11.8 Å². The molecular formula is C16H15Cl2NO3. The van der Waals surface area contributed by atoms with Gasteiger partial charge in [-0.15, -0.1) is 0 Å². The van der Waals surface area contributed by atoms with Crippen molar-refractivity contribution in [3.63, 3.8) is 0 Å². The summed E-state index contributed by atoms with van der Waals surface area (Å²) in [5.74, 6) is -0.242. The van der Waals surface area contributed by atoms with Gasteiger partial charge in [-0.3, -0.25) is 14.5 Å². The molecule has 1 saturated heterocycles. The minimum absolute atomic E-state index is 0.104. The van der Waals surface area contributed by atoms with Gasteiger partial charge >= 0.3 is 0 Å². The Morgan fingerprint density at radius 1 is 1.05 bits per heavy atom. The van der Waals surface area contributed by atoms with E-state index in [1.165, 1.54) is 4.90 Å². The lowest BCUT2D eigenvalue weighted by molar-refractivity contribution is -0.140. The number of hydrogen-bond donors (Lipinski definition) is 0. The van der Waals surface area contributed by atoms with E-state index in [4.69, 9.17) is 27.9 Å². The molecule has 116 valence electrons. The van der Waals surface area contributed by atoms with Crippen LogP contribution in [0.1, 0.15) is 12.8 Å². The van der Waals surface area contributed by atoms with E-state index in [1.54, 1.807) is 18.2 Å². The number of likely N-dealkylation sites (tertiary alicyclic amines) is 1. The van der Waals surface area contributed by atoms with Crippen LogP contribution in [0.15, 0.2) is 30.4 Å². The Balaban J connectivity index is 1.63. The SMILES string of the molecule is O=C1C2CC=CCC2C(=O)N1CCOc1c(Cl)cccc1Cl. The molecule has 0 bridgehead atoms. The van der Waals surface area contributed by atoms with Crippen LogP contribution in [0.5, 0.6) is 5.75 Å². The van der Waals surface area contributed by atoms with Gasteiger partial charge in [0.15, 0.2) is 5.75 Å². The van der Waals surface area contributed by atoms with Crippen LogP contribution in [0.2, 0.25) is 10.0 Å². The highest BCUT2D eigenvalue weighted by Gasteiger charge is 2.46. The lowest BCUT2D eigenvalue weighted by Gasteiger charge is -2.16. The molecule has 3 rings (SSSR count). The van der Waals surface area contributed by atoms with Gasteiger partial charge in [0.1, 0.15) is 6.61 Å². The van der Waals surface area contributed by atoms with E-state index in [0.29, 0.717) is 28.6 Å². The fraction of sp³-hybridized carbons (Fsp3) is 0.375. The van der Waals surface area contributed by atoms with Crippen LogP contribution in [0.4, 0.5) is 0 Å². The number of halogens is 2. The minimum Gasteiger partial charge on any atom is -0.489 e. The Morgan fingerprint density at radius 3 is 2.14 bits per heavy atom. The van der Waals surface area contributed by atoms with Crippen LogP contribution in [0.25, 0.3) is 0 Å². The van der Waals surface area contributed by atoms with Gasteiger partial charge in [0.2, 0.25) is 11.8 Å². The van der Waals surface area contributed by atoms with Crippen molar-refractivity contribution in [2.24, 2.45) is 11.8 Å². The van der Waals surface area contributed by atoms with Gasteiger partial charge in [-0.2, -0.15) is 0 Å². The number of carbonyl (C=O) groups is 2. The summed E-state index contributed by atoms with van der Waals surface area (Å²) in [6.45, 7) is 0.389. The summed E-state index contributed by atoms with van der Waals surface area (Å²) in [6.07, 6.45) is 5.22. The summed E-state index contributed by atoms with van der Waals surface area (Å²) < 4.78 is 5.55. The maximum atomic E-state index is 12.3. The number of fused-ring (bicyclic) bond motifs is 1. The number of rotatable bonds is 4. The predicted molar refractivity (Wildman–Crippen MR) is 84.0 cm³/mol. The molecule has 6 heteroatoms. The molecule has 1 heterocycles. The average molecular weight is 340 g/mol. The topological polar surface area (TPSA) is 46.6 Å². The van der Waals surface area contributed by atoms with Gasteiger partial charge in [0.05, 0.1) is 28.4 Å². The molecule has 1 aromatic carbocycles. The number of allylic oxidation sites excluding steroid dienone is 2. The molecule has 2 aliphatic rings. The number of amides is 2. The fourth-order valence-electron chi connectivity index (χ4n) is 2.95. The first-order valence-electron chi connectivity index (χ1n) is 7.16. The fourth-order valence-corrected chi connectivity index (χ4v) is 3.46. The molecule has 1 aromatic rings. The third-order valence-corrected chi connectivity index (χ3v) is 4.67. The van der Waals surface area contributed by atoms with E-state index in [0.717, 1.165) is 0 Å². The van der Waals surface area contributed by atoms with E-state index in [2.05, 4.69) is 0 Å². The van der Waals surface area contributed by atoms with Gasteiger partial charge < -0.3 is 4.74 Å². The Hall–Kier alpha value is -1.52. The van der Waals surface area contributed by atoms with Gasteiger partial charge in [-0.1, -0.05) is 41.4 Å². The molecule has 2 amide bonds. The molecule has 0 saturated carbocycles. The second-order valence-corrected chi connectivity index (χ2v) is 6.20. The molecule has 0 radical (unpaired) electrons. The Bertz CT molecular complexity index is 598. The number of imide groups is 1. The van der Waals surface area contributed by atoms with Crippen molar-refractivity contribution < 1.29 is 14.3 Å². The maximum Gasteiger partial charge on any atom is 0.233 e.